The number of aromatic nitrogens is 4. The molecule has 0 atom stereocenters. The van der Waals surface area contributed by atoms with Gasteiger partial charge in [-0.2, -0.15) is 0 Å². The molecule has 0 unspecified atom stereocenters. The van der Waals surface area contributed by atoms with Crippen LogP contribution in [0.25, 0.3) is 5.82 Å². The molecule has 4 rings (SSSR count). The minimum Gasteiger partial charge on any atom is -0.439 e. The summed E-state index contributed by atoms with van der Waals surface area (Å²) in [6.07, 6.45) is 9.52. The van der Waals surface area contributed by atoms with E-state index in [4.69, 9.17) is 4.74 Å². The molecule has 1 saturated carbocycles. The molecule has 0 saturated heterocycles. The van der Waals surface area contributed by atoms with Gasteiger partial charge in [0, 0.05) is 30.6 Å². The quantitative estimate of drug-likeness (QED) is 0.748. The fraction of sp³-hybridized carbons (Fsp3) is 0.222. The van der Waals surface area contributed by atoms with Gasteiger partial charge in [0.1, 0.15) is 24.2 Å². The third kappa shape index (κ3) is 4.00. The van der Waals surface area contributed by atoms with Crippen LogP contribution in [0.2, 0.25) is 0 Å². The van der Waals surface area contributed by atoms with Crippen molar-refractivity contribution in [2.75, 3.05) is 5.32 Å². The first-order valence-corrected chi connectivity index (χ1v) is 8.14. The number of nitrogens with zero attached hydrogens (tertiary/aromatic N) is 4. The largest absolute Gasteiger partial charge is 0.439 e. The highest BCUT2D eigenvalue weighted by Crippen LogP contribution is 2.32. The van der Waals surface area contributed by atoms with E-state index in [2.05, 4.69) is 20.3 Å². The number of nitrogens with one attached hydrogen (secondary N) is 1. The van der Waals surface area contributed by atoms with Crippen molar-refractivity contribution in [3.63, 3.8) is 0 Å². The van der Waals surface area contributed by atoms with Crippen LogP contribution in [0, 0.1) is 5.92 Å². The molecule has 1 fully saturated rings. The average Bonchev–Trinajstić information content (AvgIpc) is 3.25. The normalized spacial score (nSPS) is 13.4. The highest BCUT2D eigenvalue weighted by molar-refractivity contribution is 5.91. The number of hydrogen-bond acceptors (Lipinski definition) is 5. The topological polar surface area (TPSA) is 81.9 Å². The molecule has 1 aromatic carbocycles. The molecule has 0 aliphatic heterocycles. The van der Waals surface area contributed by atoms with Gasteiger partial charge in [-0.25, -0.2) is 15.0 Å². The average molecular weight is 335 g/mol. The van der Waals surface area contributed by atoms with Gasteiger partial charge in [0.2, 0.25) is 11.8 Å². The van der Waals surface area contributed by atoms with Crippen molar-refractivity contribution in [1.29, 1.82) is 0 Å². The number of benzene rings is 1. The van der Waals surface area contributed by atoms with Crippen molar-refractivity contribution < 1.29 is 9.53 Å². The summed E-state index contributed by atoms with van der Waals surface area (Å²) in [5.74, 6) is 2.38. The van der Waals surface area contributed by atoms with Crippen LogP contribution in [0.3, 0.4) is 0 Å². The molecule has 2 aromatic heterocycles. The van der Waals surface area contributed by atoms with Crippen molar-refractivity contribution in [3.8, 4) is 17.4 Å². The van der Waals surface area contributed by atoms with Gasteiger partial charge in [-0.3, -0.25) is 9.36 Å². The molecule has 0 radical (unpaired) electrons. The van der Waals surface area contributed by atoms with E-state index in [9.17, 15) is 4.79 Å². The molecule has 25 heavy (non-hydrogen) atoms. The number of anilines is 1. The maximum Gasteiger partial charge on any atom is 0.224 e. The standard InChI is InChI=1S/C18H17N5O2/c24-17(9-13-1-2-13)22-14-3-5-15(6-4-14)25-18-10-16(20-11-21-18)23-8-7-19-12-23/h3-8,10-13H,1-2,9H2,(H,22,24). The Kier molecular flexibility index (Phi) is 4.12. The first-order chi connectivity index (χ1) is 12.3. The smallest absolute Gasteiger partial charge is 0.224 e. The molecule has 3 aromatic rings. The number of ether oxygens (including phenoxy) is 1. The number of carbonyl (C=O) groups is 1. The lowest BCUT2D eigenvalue weighted by atomic mass is 10.2. The monoisotopic (exact) mass is 335 g/mol. The molecule has 1 aliphatic rings. The summed E-state index contributed by atoms with van der Waals surface area (Å²) in [5, 5.41) is 2.90. The number of imidazole rings is 1. The predicted molar refractivity (Wildman–Crippen MR) is 91.6 cm³/mol. The zero-order valence-electron chi connectivity index (χ0n) is 13.5. The Bertz CT molecular complexity index is 857. The minimum absolute atomic E-state index is 0.0666. The van der Waals surface area contributed by atoms with Gasteiger partial charge in [-0.05, 0) is 43.0 Å². The lowest BCUT2D eigenvalue weighted by Gasteiger charge is -2.08. The molecule has 1 N–H and O–H groups in total. The highest BCUT2D eigenvalue weighted by atomic mass is 16.5. The Morgan fingerprint density at radius 3 is 2.80 bits per heavy atom. The molecule has 1 amide bonds. The van der Waals surface area contributed by atoms with Gasteiger partial charge in [-0.15, -0.1) is 0 Å². The minimum atomic E-state index is 0.0666. The first-order valence-electron chi connectivity index (χ1n) is 8.14. The summed E-state index contributed by atoms with van der Waals surface area (Å²) in [6.45, 7) is 0. The SMILES string of the molecule is O=C(CC1CC1)Nc1ccc(Oc2cc(-n3ccnc3)ncn2)cc1. The zero-order valence-corrected chi connectivity index (χ0v) is 13.5. The Morgan fingerprint density at radius 1 is 1.24 bits per heavy atom. The number of carbonyl (C=O) groups excluding carboxylic acids is 1. The Labute approximate surface area is 144 Å². The number of amides is 1. The Balaban J connectivity index is 1.40. The van der Waals surface area contributed by atoms with Crippen LogP contribution in [0.4, 0.5) is 5.69 Å². The van der Waals surface area contributed by atoms with Crippen molar-refractivity contribution in [1.82, 2.24) is 19.5 Å². The van der Waals surface area contributed by atoms with Gasteiger partial charge in [-0.1, -0.05) is 0 Å². The lowest BCUT2D eigenvalue weighted by Crippen LogP contribution is -2.11. The van der Waals surface area contributed by atoms with Crippen LogP contribution in [0.15, 0.2) is 55.4 Å². The lowest BCUT2D eigenvalue weighted by molar-refractivity contribution is -0.116. The fourth-order valence-electron chi connectivity index (χ4n) is 2.44. The van der Waals surface area contributed by atoms with Crippen LogP contribution in [-0.2, 0) is 4.79 Å². The summed E-state index contributed by atoms with van der Waals surface area (Å²) in [7, 11) is 0. The molecular weight excluding hydrogens is 318 g/mol. The molecular formula is C18H17N5O2. The second-order valence-corrected chi connectivity index (χ2v) is 6.01. The van der Waals surface area contributed by atoms with Crippen molar-refractivity contribution >= 4 is 11.6 Å². The third-order valence-corrected chi connectivity index (χ3v) is 3.93. The molecule has 1 aliphatic carbocycles. The molecule has 0 spiro atoms. The van der Waals surface area contributed by atoms with Crippen LogP contribution in [0.5, 0.6) is 11.6 Å². The van der Waals surface area contributed by atoms with E-state index in [0.29, 0.717) is 29.8 Å². The molecule has 7 heteroatoms. The van der Waals surface area contributed by atoms with Gasteiger partial charge in [0.25, 0.3) is 0 Å². The highest BCUT2D eigenvalue weighted by Gasteiger charge is 2.24. The maximum absolute atomic E-state index is 11.8. The van der Waals surface area contributed by atoms with Gasteiger partial charge in [0.15, 0.2) is 0 Å². The van der Waals surface area contributed by atoms with E-state index in [1.165, 1.54) is 19.2 Å². The summed E-state index contributed by atoms with van der Waals surface area (Å²) in [6, 6.07) is 8.96. The van der Waals surface area contributed by atoms with Gasteiger partial charge in [0.05, 0.1) is 0 Å². The summed E-state index contributed by atoms with van der Waals surface area (Å²) in [5.41, 5.74) is 0.764. The van der Waals surface area contributed by atoms with Crippen LogP contribution < -0.4 is 10.1 Å². The van der Waals surface area contributed by atoms with E-state index in [-0.39, 0.29) is 5.91 Å². The fourth-order valence-corrected chi connectivity index (χ4v) is 2.44. The summed E-state index contributed by atoms with van der Waals surface area (Å²) >= 11 is 0. The van der Waals surface area contributed by atoms with E-state index in [0.717, 1.165) is 5.69 Å². The zero-order chi connectivity index (χ0) is 17.1. The third-order valence-electron chi connectivity index (χ3n) is 3.93. The van der Waals surface area contributed by atoms with E-state index in [1.807, 2.05) is 12.1 Å². The number of hydrogen-bond donors (Lipinski definition) is 1. The van der Waals surface area contributed by atoms with Crippen molar-refractivity contribution in [3.05, 3.63) is 55.4 Å². The van der Waals surface area contributed by atoms with Crippen LogP contribution in [-0.4, -0.2) is 25.4 Å². The van der Waals surface area contributed by atoms with Crippen molar-refractivity contribution in [2.24, 2.45) is 5.92 Å². The second kappa shape index (κ2) is 6.72. The van der Waals surface area contributed by atoms with E-state index >= 15 is 0 Å². The summed E-state index contributed by atoms with van der Waals surface area (Å²) < 4.78 is 7.52. The first kappa shape index (κ1) is 15.3. The summed E-state index contributed by atoms with van der Waals surface area (Å²) in [4.78, 5) is 24.1. The predicted octanol–water partition coefficient (Wildman–Crippen LogP) is 3.19. The van der Waals surface area contributed by atoms with Gasteiger partial charge >= 0.3 is 0 Å². The van der Waals surface area contributed by atoms with Gasteiger partial charge < -0.3 is 10.1 Å². The molecule has 126 valence electrons. The van der Waals surface area contributed by atoms with E-state index in [1.54, 1.807) is 41.5 Å². The van der Waals surface area contributed by atoms with Crippen LogP contribution >= 0.6 is 0 Å². The van der Waals surface area contributed by atoms with Crippen LogP contribution in [0.1, 0.15) is 19.3 Å². The second-order valence-electron chi connectivity index (χ2n) is 6.01. The molecule has 0 bridgehead atoms. The number of rotatable bonds is 6. The molecule has 2 heterocycles. The van der Waals surface area contributed by atoms with Crippen molar-refractivity contribution in [2.45, 2.75) is 19.3 Å². The van der Waals surface area contributed by atoms with E-state index < -0.39 is 0 Å². The molecule has 7 nitrogen and oxygen atoms in total. The Hall–Kier alpha value is -3.22. The Morgan fingerprint density at radius 2 is 2.08 bits per heavy atom. The maximum atomic E-state index is 11.8.